The molecule has 0 saturated carbocycles. The number of amides is 1. The number of nitrogens with zero attached hydrogens (tertiary/aromatic N) is 3. The van der Waals surface area contributed by atoms with Crippen molar-refractivity contribution in [3.8, 4) is 5.69 Å². The molecule has 3 atom stereocenters. The lowest BCUT2D eigenvalue weighted by molar-refractivity contribution is -0.124. The van der Waals surface area contributed by atoms with E-state index in [1.165, 1.54) is 18.3 Å². The molecule has 4 rings (SSSR count). The summed E-state index contributed by atoms with van der Waals surface area (Å²) >= 11 is 0. The molecule has 1 N–H and O–H groups in total. The fourth-order valence-corrected chi connectivity index (χ4v) is 5.48. The summed E-state index contributed by atoms with van der Waals surface area (Å²) in [4.78, 5) is 17.7. The van der Waals surface area contributed by atoms with Crippen LogP contribution in [-0.2, 0) is 21.1 Å². The van der Waals surface area contributed by atoms with Crippen molar-refractivity contribution >= 4 is 15.7 Å². The summed E-state index contributed by atoms with van der Waals surface area (Å²) in [6.07, 6.45) is 8.43. The number of hydrogen-bond donors (Lipinski definition) is 1. The number of hydrogen-bond acceptors (Lipinski definition) is 5. The van der Waals surface area contributed by atoms with Crippen molar-refractivity contribution in [2.24, 2.45) is 5.92 Å². The summed E-state index contributed by atoms with van der Waals surface area (Å²) in [6, 6.07) is 9.15. The molecule has 0 saturated heterocycles. The largest absolute Gasteiger partial charge is 0.349 e. The number of pyridine rings is 1. The molecule has 0 spiro atoms. The van der Waals surface area contributed by atoms with Gasteiger partial charge in [0.2, 0.25) is 5.91 Å². The number of aromatic nitrogens is 3. The van der Waals surface area contributed by atoms with E-state index in [1.54, 1.807) is 35.1 Å². The van der Waals surface area contributed by atoms with Crippen LogP contribution in [0.5, 0.6) is 0 Å². The number of halogens is 1. The number of carbonyl (C=O) groups is 1. The van der Waals surface area contributed by atoms with Crippen molar-refractivity contribution in [3.63, 3.8) is 0 Å². The molecular weight excluding hydrogens is 467 g/mol. The zero-order valence-corrected chi connectivity index (χ0v) is 21.1. The normalized spacial score (nSPS) is 19.0. The average molecular weight is 499 g/mol. The van der Waals surface area contributed by atoms with Gasteiger partial charge in [-0.1, -0.05) is 20.3 Å². The van der Waals surface area contributed by atoms with Gasteiger partial charge in [-0.25, -0.2) is 22.5 Å². The Balaban J connectivity index is 1.66. The maximum atomic E-state index is 13.7. The van der Waals surface area contributed by atoms with Gasteiger partial charge in [-0.3, -0.25) is 4.79 Å². The van der Waals surface area contributed by atoms with Crippen molar-refractivity contribution in [2.45, 2.75) is 62.9 Å². The quantitative estimate of drug-likeness (QED) is 0.483. The molecule has 1 aromatic carbocycles. The fourth-order valence-electron chi connectivity index (χ4n) is 4.88. The van der Waals surface area contributed by atoms with Gasteiger partial charge >= 0.3 is 0 Å². The maximum absolute atomic E-state index is 13.7. The number of fused-ring (bicyclic) bond motifs is 1. The monoisotopic (exact) mass is 498 g/mol. The van der Waals surface area contributed by atoms with E-state index in [-0.39, 0.29) is 28.7 Å². The lowest BCUT2D eigenvalue weighted by Crippen LogP contribution is -2.35. The first-order valence-corrected chi connectivity index (χ1v) is 13.9. The van der Waals surface area contributed by atoms with Gasteiger partial charge in [0, 0.05) is 23.7 Å². The molecule has 9 heteroatoms. The Bertz CT molecular complexity index is 1300. The predicted octanol–water partition coefficient (Wildman–Crippen LogP) is 4.52. The second-order valence-electron chi connectivity index (χ2n) is 9.33. The van der Waals surface area contributed by atoms with Crippen LogP contribution in [0.3, 0.4) is 0 Å². The second kappa shape index (κ2) is 10.3. The molecular formula is C26H31FN4O3S. The molecule has 2 heterocycles. The van der Waals surface area contributed by atoms with E-state index in [0.717, 1.165) is 54.4 Å². The third-order valence-electron chi connectivity index (χ3n) is 6.67. The topological polar surface area (TPSA) is 93.9 Å². The number of sulfone groups is 1. The highest BCUT2D eigenvalue weighted by Crippen LogP contribution is 2.36. The SMILES string of the molecule is CCC[C@H](NC(=O)C1c2cnn(-c3ccc(F)cc3)c2CCC[C@@H]1C)c1ccnc(S(C)(=O)=O)c1. The Morgan fingerprint density at radius 2 is 2.00 bits per heavy atom. The summed E-state index contributed by atoms with van der Waals surface area (Å²) in [5, 5.41) is 7.74. The van der Waals surface area contributed by atoms with Gasteiger partial charge in [-0.05, 0) is 73.6 Å². The summed E-state index contributed by atoms with van der Waals surface area (Å²) in [7, 11) is -3.46. The molecule has 35 heavy (non-hydrogen) atoms. The van der Waals surface area contributed by atoms with Crippen LogP contribution in [0.2, 0.25) is 0 Å². The van der Waals surface area contributed by atoms with Gasteiger partial charge in [-0.2, -0.15) is 5.10 Å². The van der Waals surface area contributed by atoms with Gasteiger partial charge < -0.3 is 5.32 Å². The van der Waals surface area contributed by atoms with Gasteiger partial charge in [0.1, 0.15) is 5.82 Å². The summed E-state index contributed by atoms with van der Waals surface area (Å²) in [5.74, 6) is -0.698. The van der Waals surface area contributed by atoms with Crippen LogP contribution in [0.4, 0.5) is 4.39 Å². The third-order valence-corrected chi connectivity index (χ3v) is 7.65. The van der Waals surface area contributed by atoms with Gasteiger partial charge in [-0.15, -0.1) is 0 Å². The van der Waals surface area contributed by atoms with Crippen LogP contribution >= 0.6 is 0 Å². The minimum atomic E-state index is -3.46. The molecule has 0 fully saturated rings. The van der Waals surface area contributed by atoms with E-state index in [4.69, 9.17) is 0 Å². The molecule has 3 aromatic rings. The zero-order chi connectivity index (χ0) is 25.2. The van der Waals surface area contributed by atoms with Crippen molar-refractivity contribution < 1.29 is 17.6 Å². The Kier molecular flexibility index (Phi) is 7.35. The first kappa shape index (κ1) is 25.0. The van der Waals surface area contributed by atoms with Crippen LogP contribution in [0, 0.1) is 11.7 Å². The van der Waals surface area contributed by atoms with Crippen molar-refractivity contribution in [2.75, 3.05) is 6.26 Å². The number of carbonyl (C=O) groups excluding carboxylic acids is 1. The molecule has 0 radical (unpaired) electrons. The lowest BCUT2D eigenvalue weighted by Gasteiger charge is -2.25. The highest BCUT2D eigenvalue weighted by Gasteiger charge is 2.34. The number of benzene rings is 1. The van der Waals surface area contributed by atoms with Crippen molar-refractivity contribution in [1.82, 2.24) is 20.1 Å². The first-order chi connectivity index (χ1) is 16.7. The number of nitrogens with one attached hydrogen (secondary N) is 1. The molecule has 1 amide bonds. The second-order valence-corrected chi connectivity index (χ2v) is 11.3. The fraction of sp³-hybridized carbons (Fsp3) is 0.423. The first-order valence-electron chi connectivity index (χ1n) is 12.0. The zero-order valence-electron chi connectivity index (χ0n) is 20.2. The lowest BCUT2D eigenvalue weighted by atomic mass is 9.86. The summed E-state index contributed by atoms with van der Waals surface area (Å²) < 4.78 is 39.3. The summed E-state index contributed by atoms with van der Waals surface area (Å²) in [5.41, 5.74) is 3.34. The van der Waals surface area contributed by atoms with Crippen LogP contribution in [0.15, 0.2) is 53.8 Å². The van der Waals surface area contributed by atoms with Gasteiger partial charge in [0.15, 0.2) is 14.9 Å². The molecule has 1 aliphatic carbocycles. The Morgan fingerprint density at radius 3 is 2.69 bits per heavy atom. The predicted molar refractivity (Wildman–Crippen MR) is 132 cm³/mol. The van der Waals surface area contributed by atoms with E-state index in [2.05, 4.69) is 22.3 Å². The van der Waals surface area contributed by atoms with E-state index in [9.17, 15) is 17.6 Å². The van der Waals surface area contributed by atoms with E-state index >= 15 is 0 Å². The Labute approximate surface area is 205 Å². The van der Waals surface area contributed by atoms with Gasteiger partial charge in [0.05, 0.1) is 23.8 Å². The molecule has 7 nitrogen and oxygen atoms in total. The van der Waals surface area contributed by atoms with Crippen LogP contribution in [-0.4, -0.2) is 35.3 Å². The minimum Gasteiger partial charge on any atom is -0.349 e. The van der Waals surface area contributed by atoms with E-state index in [1.807, 2.05) is 6.92 Å². The Hall–Kier alpha value is -3.07. The average Bonchev–Trinajstić information content (AvgIpc) is 3.14. The highest BCUT2D eigenvalue weighted by atomic mass is 32.2. The molecule has 1 unspecified atom stereocenters. The van der Waals surface area contributed by atoms with Crippen LogP contribution in [0.25, 0.3) is 5.69 Å². The molecule has 2 aromatic heterocycles. The number of rotatable bonds is 7. The van der Waals surface area contributed by atoms with Crippen LogP contribution < -0.4 is 5.32 Å². The minimum absolute atomic E-state index is 0.00366. The smallest absolute Gasteiger partial charge is 0.228 e. The maximum Gasteiger partial charge on any atom is 0.228 e. The molecule has 186 valence electrons. The molecule has 0 bridgehead atoms. The van der Waals surface area contributed by atoms with Crippen LogP contribution in [0.1, 0.15) is 68.3 Å². The third kappa shape index (κ3) is 5.45. The van der Waals surface area contributed by atoms with Crippen molar-refractivity contribution in [3.05, 3.63) is 71.4 Å². The van der Waals surface area contributed by atoms with E-state index in [0.29, 0.717) is 6.42 Å². The Morgan fingerprint density at radius 1 is 1.26 bits per heavy atom. The van der Waals surface area contributed by atoms with E-state index < -0.39 is 15.8 Å². The van der Waals surface area contributed by atoms with Crippen molar-refractivity contribution in [1.29, 1.82) is 0 Å². The molecule has 0 aliphatic heterocycles. The van der Waals surface area contributed by atoms with Gasteiger partial charge in [0.25, 0.3) is 0 Å². The highest BCUT2D eigenvalue weighted by molar-refractivity contribution is 7.90. The molecule has 1 aliphatic rings. The summed E-state index contributed by atoms with van der Waals surface area (Å²) in [6.45, 7) is 4.11. The standard InChI is InChI=1S/C26H31FN4O3S/c1-4-6-22(18-13-14-28-24(15-18)35(3,33)34)30-26(32)25-17(2)7-5-8-23-21(25)16-29-31(23)20-11-9-19(27)10-12-20/h9-17,22,25H,4-8H2,1-3H3,(H,30,32)/t17-,22-,25?/m0/s1.